The summed E-state index contributed by atoms with van der Waals surface area (Å²) in [6.07, 6.45) is 0. The predicted molar refractivity (Wildman–Crippen MR) is 35.4 cm³/mol. The predicted octanol–water partition coefficient (Wildman–Crippen LogP) is 0.309. The molecule has 0 saturated heterocycles. The van der Waals surface area contributed by atoms with Crippen molar-refractivity contribution >= 4 is 18.4 Å². The first-order chi connectivity index (χ1) is 3.18. The van der Waals surface area contributed by atoms with Gasteiger partial charge in [-0.2, -0.15) is 0 Å². The number of hydrogen-bond acceptors (Lipinski definition) is 1. The van der Waals surface area contributed by atoms with Crippen LogP contribution in [-0.4, -0.2) is 32.1 Å². The molecular formula is C4H11ClN2O. The second kappa shape index (κ2) is 4.71. The van der Waals surface area contributed by atoms with Crippen molar-refractivity contribution in [2.45, 2.75) is 0 Å². The van der Waals surface area contributed by atoms with Gasteiger partial charge in [0.15, 0.2) is 0 Å². The first-order valence-electron chi connectivity index (χ1n) is 2.07. The Morgan fingerprint density at radius 3 is 1.88 bits per heavy atom. The summed E-state index contributed by atoms with van der Waals surface area (Å²) in [6, 6.07) is -0.0694. The Morgan fingerprint density at radius 2 is 1.88 bits per heavy atom. The Morgan fingerprint density at radius 1 is 1.50 bits per heavy atom. The molecule has 0 spiro atoms. The Bertz CT molecular complexity index is 74.4. The van der Waals surface area contributed by atoms with Gasteiger partial charge in [-0.3, -0.25) is 0 Å². The van der Waals surface area contributed by atoms with Crippen molar-refractivity contribution in [2.24, 2.45) is 0 Å². The SMILES string of the molecule is CNC(=O)N(C)C.Cl. The van der Waals surface area contributed by atoms with Gasteiger partial charge in [0.05, 0.1) is 0 Å². The lowest BCUT2D eigenvalue weighted by molar-refractivity contribution is 0.219. The number of urea groups is 1. The lowest BCUT2D eigenvalue weighted by atomic mass is 10.8. The summed E-state index contributed by atoms with van der Waals surface area (Å²) >= 11 is 0. The maximum absolute atomic E-state index is 10.3. The molecule has 4 heteroatoms. The van der Waals surface area contributed by atoms with E-state index in [1.54, 1.807) is 21.1 Å². The third kappa shape index (κ3) is 3.74. The van der Waals surface area contributed by atoms with Crippen LogP contribution in [0.5, 0.6) is 0 Å². The summed E-state index contributed by atoms with van der Waals surface area (Å²) in [5, 5.41) is 2.45. The summed E-state index contributed by atoms with van der Waals surface area (Å²) in [7, 11) is 4.99. The summed E-state index contributed by atoms with van der Waals surface area (Å²) in [5.41, 5.74) is 0. The molecule has 0 aromatic carbocycles. The molecule has 0 atom stereocenters. The van der Waals surface area contributed by atoms with Crippen LogP contribution >= 0.6 is 12.4 Å². The van der Waals surface area contributed by atoms with Gasteiger partial charge in [-0.1, -0.05) is 0 Å². The minimum atomic E-state index is -0.0694. The van der Waals surface area contributed by atoms with E-state index in [1.807, 2.05) is 0 Å². The molecule has 0 rings (SSSR count). The molecular weight excluding hydrogens is 128 g/mol. The second-order valence-electron chi connectivity index (χ2n) is 1.45. The number of carbonyl (C=O) groups excluding carboxylic acids is 1. The first kappa shape index (κ1) is 10.5. The fraction of sp³-hybridized carbons (Fsp3) is 0.750. The van der Waals surface area contributed by atoms with Crippen LogP contribution in [0.25, 0.3) is 0 Å². The van der Waals surface area contributed by atoms with E-state index >= 15 is 0 Å². The lowest BCUT2D eigenvalue weighted by Gasteiger charge is -2.06. The van der Waals surface area contributed by atoms with Crippen LogP contribution in [0.2, 0.25) is 0 Å². The standard InChI is InChI=1S/C4H10N2O.ClH/c1-5-4(7)6(2)3;/h1-3H3,(H,5,7);1H. The van der Waals surface area contributed by atoms with Gasteiger partial charge >= 0.3 is 6.03 Å². The van der Waals surface area contributed by atoms with Crippen LogP contribution in [0.4, 0.5) is 4.79 Å². The summed E-state index contributed by atoms with van der Waals surface area (Å²) in [6.45, 7) is 0. The van der Waals surface area contributed by atoms with E-state index < -0.39 is 0 Å². The Kier molecular flexibility index (Phi) is 6.20. The first-order valence-corrected chi connectivity index (χ1v) is 2.07. The largest absolute Gasteiger partial charge is 0.341 e. The van der Waals surface area contributed by atoms with Crippen molar-refractivity contribution in [2.75, 3.05) is 21.1 Å². The van der Waals surface area contributed by atoms with Crippen molar-refractivity contribution in [1.82, 2.24) is 10.2 Å². The molecule has 0 fully saturated rings. The fourth-order valence-corrected chi connectivity index (χ4v) is 0.224. The van der Waals surface area contributed by atoms with Gasteiger partial charge in [0.2, 0.25) is 0 Å². The van der Waals surface area contributed by atoms with E-state index in [-0.39, 0.29) is 18.4 Å². The highest BCUT2D eigenvalue weighted by atomic mass is 35.5. The van der Waals surface area contributed by atoms with Crippen molar-refractivity contribution in [1.29, 1.82) is 0 Å². The fourth-order valence-electron chi connectivity index (χ4n) is 0.224. The third-order valence-electron chi connectivity index (χ3n) is 0.620. The maximum Gasteiger partial charge on any atom is 0.316 e. The molecule has 8 heavy (non-hydrogen) atoms. The zero-order valence-corrected chi connectivity index (χ0v) is 6.08. The molecule has 0 heterocycles. The second-order valence-corrected chi connectivity index (χ2v) is 1.45. The Balaban J connectivity index is 0. The molecule has 0 aromatic rings. The van der Waals surface area contributed by atoms with Gasteiger partial charge in [-0.25, -0.2) is 4.79 Å². The van der Waals surface area contributed by atoms with Gasteiger partial charge < -0.3 is 10.2 Å². The minimum absolute atomic E-state index is 0. The molecule has 0 radical (unpaired) electrons. The average molecular weight is 139 g/mol. The zero-order valence-electron chi connectivity index (χ0n) is 5.26. The highest BCUT2D eigenvalue weighted by Gasteiger charge is 1.94. The quantitative estimate of drug-likeness (QED) is 0.514. The molecule has 0 saturated carbocycles. The van der Waals surface area contributed by atoms with Gasteiger partial charge in [0, 0.05) is 21.1 Å². The van der Waals surface area contributed by atoms with Crippen LogP contribution in [0.1, 0.15) is 0 Å². The Labute approximate surface area is 55.5 Å². The molecule has 50 valence electrons. The normalized spacial score (nSPS) is 6.88. The smallest absolute Gasteiger partial charge is 0.316 e. The number of nitrogens with one attached hydrogen (secondary N) is 1. The van der Waals surface area contributed by atoms with E-state index in [0.29, 0.717) is 0 Å². The maximum atomic E-state index is 10.3. The topological polar surface area (TPSA) is 32.3 Å². The van der Waals surface area contributed by atoms with Crippen LogP contribution in [0.3, 0.4) is 0 Å². The van der Waals surface area contributed by atoms with Crippen molar-refractivity contribution in [3.05, 3.63) is 0 Å². The lowest BCUT2D eigenvalue weighted by Crippen LogP contribution is -2.31. The average Bonchev–Trinajstić information content (AvgIpc) is 1.65. The van der Waals surface area contributed by atoms with Crippen molar-refractivity contribution < 1.29 is 4.79 Å². The van der Waals surface area contributed by atoms with Crippen LogP contribution in [0, 0.1) is 0 Å². The number of nitrogens with zero attached hydrogens (tertiary/aromatic N) is 1. The molecule has 0 aliphatic heterocycles. The summed E-state index contributed by atoms with van der Waals surface area (Å²) in [4.78, 5) is 11.8. The molecule has 0 bridgehead atoms. The van der Waals surface area contributed by atoms with Crippen molar-refractivity contribution in [3.8, 4) is 0 Å². The van der Waals surface area contributed by atoms with Crippen LogP contribution in [-0.2, 0) is 0 Å². The van der Waals surface area contributed by atoms with Crippen molar-refractivity contribution in [3.63, 3.8) is 0 Å². The van der Waals surface area contributed by atoms with E-state index in [4.69, 9.17) is 0 Å². The minimum Gasteiger partial charge on any atom is -0.341 e. The summed E-state index contributed by atoms with van der Waals surface area (Å²) in [5.74, 6) is 0. The highest BCUT2D eigenvalue weighted by Crippen LogP contribution is 1.70. The third-order valence-corrected chi connectivity index (χ3v) is 0.620. The summed E-state index contributed by atoms with van der Waals surface area (Å²) < 4.78 is 0. The van der Waals surface area contributed by atoms with E-state index in [1.165, 1.54) is 4.90 Å². The number of hydrogen-bond donors (Lipinski definition) is 1. The Hall–Kier alpha value is -0.440. The number of halogens is 1. The molecule has 0 aromatic heterocycles. The molecule has 0 aliphatic carbocycles. The van der Waals surface area contributed by atoms with Gasteiger partial charge in [-0.05, 0) is 0 Å². The van der Waals surface area contributed by atoms with E-state index in [2.05, 4.69) is 5.32 Å². The van der Waals surface area contributed by atoms with Gasteiger partial charge in [-0.15, -0.1) is 12.4 Å². The van der Waals surface area contributed by atoms with Gasteiger partial charge in [0.1, 0.15) is 0 Å². The van der Waals surface area contributed by atoms with E-state index in [9.17, 15) is 4.79 Å². The number of carbonyl (C=O) groups is 1. The number of amides is 2. The van der Waals surface area contributed by atoms with Gasteiger partial charge in [0.25, 0.3) is 0 Å². The molecule has 0 unspecified atom stereocenters. The molecule has 3 nitrogen and oxygen atoms in total. The highest BCUT2D eigenvalue weighted by molar-refractivity contribution is 5.85. The molecule has 0 aliphatic rings. The van der Waals surface area contributed by atoms with Crippen LogP contribution < -0.4 is 5.32 Å². The molecule has 2 amide bonds. The van der Waals surface area contributed by atoms with E-state index in [0.717, 1.165) is 0 Å². The van der Waals surface area contributed by atoms with Crippen LogP contribution in [0.15, 0.2) is 0 Å². The molecule has 1 N–H and O–H groups in total. The monoisotopic (exact) mass is 138 g/mol. The zero-order chi connectivity index (χ0) is 5.86. The number of rotatable bonds is 0.